The minimum atomic E-state index is -2.02. The summed E-state index contributed by atoms with van der Waals surface area (Å²) < 4.78 is 50.5. The zero-order chi connectivity index (χ0) is 28.3. The van der Waals surface area contributed by atoms with Crippen LogP contribution >= 0.6 is 0 Å². The van der Waals surface area contributed by atoms with Crippen LogP contribution in [-0.2, 0) is 22.2 Å². The Labute approximate surface area is 226 Å². The fraction of sp³-hybridized carbons (Fsp3) is 0.552. The van der Waals surface area contributed by atoms with Crippen LogP contribution in [0.4, 0.5) is 8.78 Å². The van der Waals surface area contributed by atoms with Crippen LogP contribution in [0.1, 0.15) is 44.7 Å². The van der Waals surface area contributed by atoms with Crippen LogP contribution in [-0.4, -0.2) is 53.6 Å². The molecule has 1 unspecified atom stereocenters. The van der Waals surface area contributed by atoms with Gasteiger partial charge in [-0.05, 0) is 72.8 Å². The van der Waals surface area contributed by atoms with Crippen molar-refractivity contribution in [3.8, 4) is 17.2 Å². The molecule has 210 valence electrons. The van der Waals surface area contributed by atoms with E-state index in [1.807, 2.05) is 17.0 Å². The van der Waals surface area contributed by atoms with Gasteiger partial charge >= 0.3 is 0 Å². The van der Waals surface area contributed by atoms with Gasteiger partial charge in [0.1, 0.15) is 0 Å². The molecule has 1 aliphatic rings. The highest BCUT2D eigenvalue weighted by Crippen LogP contribution is 2.43. The Bertz CT molecular complexity index is 1130. The van der Waals surface area contributed by atoms with E-state index < -0.39 is 25.4 Å². The highest BCUT2D eigenvalue weighted by Gasteiger charge is 2.47. The van der Waals surface area contributed by atoms with Crippen molar-refractivity contribution in [3.05, 3.63) is 53.1 Å². The molecule has 1 aliphatic heterocycles. The summed E-state index contributed by atoms with van der Waals surface area (Å²) in [6.07, 6.45) is 1.41. The monoisotopic (exact) mass is 549 g/mol. The number of likely N-dealkylation sites (tertiary alicyclic amines) is 1. The third kappa shape index (κ3) is 6.31. The minimum absolute atomic E-state index is 0.0187. The maximum Gasteiger partial charge on any atom is 0.229 e. The molecule has 0 aliphatic carbocycles. The Balaban J connectivity index is 1.88. The molecule has 2 aromatic carbocycles. The molecule has 1 amide bonds. The molecule has 0 saturated carbocycles. The summed E-state index contributed by atoms with van der Waals surface area (Å²) in [7, 11) is 2.63. The van der Waals surface area contributed by atoms with Crippen molar-refractivity contribution in [1.29, 1.82) is 0 Å². The number of rotatable bonds is 11. The number of hydrogen-bond donors (Lipinski definition) is 0. The molecule has 0 spiro atoms. The smallest absolute Gasteiger partial charge is 0.229 e. The number of hydrogen-bond acceptors (Lipinski definition) is 5. The molecule has 1 heterocycles. The number of nitrogens with zero attached hydrogens (tertiary/aromatic N) is 1. The van der Waals surface area contributed by atoms with Crippen LogP contribution in [0.2, 0.25) is 18.1 Å². The van der Waals surface area contributed by atoms with E-state index in [2.05, 4.69) is 33.9 Å². The Morgan fingerprint density at radius 2 is 1.58 bits per heavy atom. The second kappa shape index (κ2) is 11.6. The van der Waals surface area contributed by atoms with Crippen LogP contribution < -0.4 is 14.2 Å². The molecular formula is C29H41F2NO5Si. The summed E-state index contributed by atoms with van der Waals surface area (Å²) in [4.78, 5) is 15.8. The third-order valence-electron chi connectivity index (χ3n) is 8.08. The van der Waals surface area contributed by atoms with Gasteiger partial charge in [-0.15, -0.1) is 0 Å². The topological polar surface area (TPSA) is 57.2 Å². The number of amides is 1. The molecule has 0 N–H and O–H groups in total. The molecule has 1 atom stereocenters. The second-order valence-corrected chi connectivity index (χ2v) is 16.4. The molecule has 2 aromatic rings. The number of benzene rings is 2. The van der Waals surface area contributed by atoms with Gasteiger partial charge in [-0.25, -0.2) is 8.78 Å². The Kier molecular flexibility index (Phi) is 9.14. The SMILES string of the molecule is COc1cc(CN2CCC(CCO[Si](C)(C)C(C)(C)C)(Cc3ccc(F)c(F)c3)C2=O)cc(OC)c1OC. The Morgan fingerprint density at radius 1 is 0.947 bits per heavy atom. The zero-order valence-electron chi connectivity index (χ0n) is 23.9. The summed E-state index contributed by atoms with van der Waals surface area (Å²) in [6.45, 7) is 12.2. The lowest BCUT2D eigenvalue weighted by molar-refractivity contribution is -0.137. The third-order valence-corrected chi connectivity index (χ3v) is 12.6. The lowest BCUT2D eigenvalue weighted by Crippen LogP contribution is -2.43. The fourth-order valence-electron chi connectivity index (χ4n) is 4.73. The molecule has 0 bridgehead atoms. The lowest BCUT2D eigenvalue weighted by atomic mass is 9.77. The van der Waals surface area contributed by atoms with Crippen LogP contribution in [0.15, 0.2) is 30.3 Å². The van der Waals surface area contributed by atoms with Gasteiger partial charge in [0.2, 0.25) is 11.7 Å². The van der Waals surface area contributed by atoms with E-state index in [1.165, 1.54) is 6.07 Å². The second-order valence-electron chi connectivity index (χ2n) is 11.6. The molecule has 38 heavy (non-hydrogen) atoms. The maximum absolute atomic E-state index is 14.1. The average molecular weight is 550 g/mol. The number of carbonyl (C=O) groups excluding carboxylic acids is 1. The van der Waals surface area contributed by atoms with Crippen molar-refractivity contribution in [3.63, 3.8) is 0 Å². The van der Waals surface area contributed by atoms with E-state index in [-0.39, 0.29) is 10.9 Å². The summed E-state index contributed by atoms with van der Waals surface area (Å²) in [5.41, 5.74) is 0.668. The van der Waals surface area contributed by atoms with E-state index in [0.29, 0.717) is 61.8 Å². The molecule has 0 radical (unpaired) electrons. The van der Waals surface area contributed by atoms with E-state index in [9.17, 15) is 13.6 Å². The predicted molar refractivity (Wildman–Crippen MR) is 146 cm³/mol. The summed E-state index contributed by atoms with van der Waals surface area (Å²) in [5.74, 6) is -0.300. The van der Waals surface area contributed by atoms with Crippen LogP contribution in [0.3, 0.4) is 0 Å². The van der Waals surface area contributed by atoms with Crippen molar-refractivity contribution in [2.24, 2.45) is 5.41 Å². The average Bonchev–Trinajstić information content (AvgIpc) is 3.14. The molecule has 1 saturated heterocycles. The lowest BCUT2D eigenvalue weighted by Gasteiger charge is -2.37. The van der Waals surface area contributed by atoms with Gasteiger partial charge in [0, 0.05) is 19.7 Å². The minimum Gasteiger partial charge on any atom is -0.493 e. The largest absolute Gasteiger partial charge is 0.493 e. The first-order valence-electron chi connectivity index (χ1n) is 12.9. The molecule has 1 fully saturated rings. The van der Waals surface area contributed by atoms with Gasteiger partial charge in [0.15, 0.2) is 31.5 Å². The fourth-order valence-corrected chi connectivity index (χ4v) is 5.78. The summed E-state index contributed by atoms with van der Waals surface area (Å²) in [5, 5.41) is 0.0401. The van der Waals surface area contributed by atoms with Crippen LogP contribution in [0, 0.1) is 17.0 Å². The van der Waals surface area contributed by atoms with Crippen LogP contribution in [0.25, 0.3) is 0 Å². The molecule has 3 rings (SSSR count). The van der Waals surface area contributed by atoms with E-state index in [0.717, 1.165) is 11.6 Å². The number of methoxy groups -OCH3 is 3. The molecular weight excluding hydrogens is 508 g/mol. The first-order chi connectivity index (χ1) is 17.8. The summed E-state index contributed by atoms with van der Waals surface area (Å²) >= 11 is 0. The standard InChI is InChI=1S/C29H41F2NO5Si/c1-28(2,3)38(7,8)37-14-12-29(18-20-9-10-22(30)23(31)15-20)11-13-32(27(29)33)19-21-16-24(34-4)26(36-6)25(17-21)35-5/h9-10,15-17H,11-14,18-19H2,1-8H3. The number of carbonyl (C=O) groups is 1. The van der Waals surface area contributed by atoms with Gasteiger partial charge in [0.05, 0.1) is 26.7 Å². The van der Waals surface area contributed by atoms with Gasteiger partial charge in [-0.2, -0.15) is 0 Å². The van der Waals surface area contributed by atoms with Crippen molar-refractivity contribution in [2.45, 2.75) is 64.7 Å². The van der Waals surface area contributed by atoms with Gasteiger partial charge in [-0.3, -0.25) is 4.79 Å². The van der Waals surface area contributed by atoms with Crippen molar-refractivity contribution < 1.29 is 32.2 Å². The molecule has 0 aromatic heterocycles. The summed E-state index contributed by atoms with van der Waals surface area (Å²) in [6, 6.07) is 7.55. The van der Waals surface area contributed by atoms with E-state index in [4.69, 9.17) is 18.6 Å². The highest BCUT2D eigenvalue weighted by molar-refractivity contribution is 6.74. The quantitative estimate of drug-likeness (QED) is 0.305. The zero-order valence-corrected chi connectivity index (χ0v) is 24.9. The van der Waals surface area contributed by atoms with E-state index in [1.54, 1.807) is 27.4 Å². The maximum atomic E-state index is 14.1. The molecule has 6 nitrogen and oxygen atoms in total. The number of ether oxygens (including phenoxy) is 3. The Morgan fingerprint density at radius 3 is 2.11 bits per heavy atom. The highest BCUT2D eigenvalue weighted by atomic mass is 28.4. The van der Waals surface area contributed by atoms with Crippen molar-refractivity contribution in [2.75, 3.05) is 34.5 Å². The van der Waals surface area contributed by atoms with Gasteiger partial charge < -0.3 is 23.5 Å². The normalized spacial score (nSPS) is 18.2. The molecule has 9 heteroatoms. The van der Waals surface area contributed by atoms with Gasteiger partial charge in [-0.1, -0.05) is 26.8 Å². The van der Waals surface area contributed by atoms with Crippen molar-refractivity contribution in [1.82, 2.24) is 4.90 Å². The van der Waals surface area contributed by atoms with E-state index >= 15 is 0 Å². The van der Waals surface area contributed by atoms with Crippen LogP contribution in [0.5, 0.6) is 17.2 Å². The first kappa shape index (κ1) is 29.9. The van der Waals surface area contributed by atoms with Gasteiger partial charge in [0.25, 0.3) is 0 Å². The number of halogens is 2. The first-order valence-corrected chi connectivity index (χ1v) is 15.8. The van der Waals surface area contributed by atoms with Crippen molar-refractivity contribution >= 4 is 14.2 Å². The Hall–Kier alpha value is -2.65. The predicted octanol–water partition coefficient (Wildman–Crippen LogP) is 6.36.